The third-order valence-electron chi connectivity index (χ3n) is 1.86. The Morgan fingerprint density at radius 2 is 2.07 bits per heavy atom. The lowest BCUT2D eigenvalue weighted by Gasteiger charge is -2.12. The third-order valence-corrected chi connectivity index (χ3v) is 1.86. The molecule has 0 rings (SSSR count). The molecule has 82 valence electrons. The molecule has 1 unspecified atom stereocenters. The summed E-state index contributed by atoms with van der Waals surface area (Å²) in [4.78, 5) is 11.4. The molecule has 0 aromatic heterocycles. The molecule has 0 saturated carbocycles. The van der Waals surface area contributed by atoms with Crippen molar-refractivity contribution in [3.63, 3.8) is 0 Å². The molecule has 0 saturated heterocycles. The van der Waals surface area contributed by atoms with E-state index in [9.17, 15) is 9.90 Å². The Bertz CT molecular complexity index is 197. The van der Waals surface area contributed by atoms with E-state index in [1.54, 1.807) is 13.0 Å². The summed E-state index contributed by atoms with van der Waals surface area (Å²) in [5.74, 6) is -0.393. The summed E-state index contributed by atoms with van der Waals surface area (Å²) in [7, 11) is 0. The summed E-state index contributed by atoms with van der Waals surface area (Å²) in [6.07, 6.45) is 3.23. The molecule has 0 amide bonds. The van der Waals surface area contributed by atoms with Crippen LogP contribution >= 0.6 is 0 Å². The maximum Gasteiger partial charge on any atom is 0.336 e. The number of hydrogen-bond acceptors (Lipinski definition) is 3. The van der Waals surface area contributed by atoms with E-state index in [1.165, 1.54) is 0 Å². The van der Waals surface area contributed by atoms with E-state index in [1.807, 2.05) is 13.8 Å². The van der Waals surface area contributed by atoms with Crippen molar-refractivity contribution in [2.45, 2.75) is 46.1 Å². The van der Waals surface area contributed by atoms with Gasteiger partial charge in [0, 0.05) is 0 Å². The van der Waals surface area contributed by atoms with Crippen LogP contribution in [0.25, 0.3) is 0 Å². The highest BCUT2D eigenvalue weighted by molar-refractivity contribution is 5.89. The Morgan fingerprint density at radius 3 is 2.50 bits per heavy atom. The Balaban J connectivity index is 4.42. The average Bonchev–Trinajstić information content (AvgIpc) is 2.14. The van der Waals surface area contributed by atoms with E-state index < -0.39 is 12.1 Å². The molecule has 0 heterocycles. The lowest BCUT2D eigenvalue weighted by Crippen LogP contribution is -2.20. The summed E-state index contributed by atoms with van der Waals surface area (Å²) in [6, 6.07) is 0. The molecule has 0 fully saturated rings. The molecular formula is C11H20O3. The lowest BCUT2D eigenvalue weighted by molar-refractivity contribution is -0.139. The number of carbonyl (C=O) groups is 1. The van der Waals surface area contributed by atoms with Gasteiger partial charge in [0.15, 0.2) is 0 Å². The summed E-state index contributed by atoms with van der Waals surface area (Å²) >= 11 is 0. The van der Waals surface area contributed by atoms with Crippen molar-refractivity contribution in [3.05, 3.63) is 11.6 Å². The fourth-order valence-electron chi connectivity index (χ4n) is 1.22. The van der Waals surface area contributed by atoms with Crippen molar-refractivity contribution in [2.24, 2.45) is 0 Å². The van der Waals surface area contributed by atoms with Crippen molar-refractivity contribution < 1.29 is 14.6 Å². The highest BCUT2D eigenvalue weighted by Gasteiger charge is 2.18. The first-order chi connectivity index (χ1) is 6.67. The Hall–Kier alpha value is -0.830. The van der Waals surface area contributed by atoms with Crippen molar-refractivity contribution in [1.29, 1.82) is 0 Å². The minimum Gasteiger partial charge on any atom is -0.463 e. The van der Waals surface area contributed by atoms with Gasteiger partial charge in [-0.05, 0) is 19.8 Å². The fraction of sp³-hybridized carbons (Fsp3) is 0.727. The van der Waals surface area contributed by atoms with Crippen LogP contribution in [0.2, 0.25) is 0 Å². The molecule has 3 nitrogen and oxygen atoms in total. The number of esters is 1. The summed E-state index contributed by atoms with van der Waals surface area (Å²) < 4.78 is 4.86. The van der Waals surface area contributed by atoms with Gasteiger partial charge in [-0.2, -0.15) is 0 Å². The predicted octanol–water partition coefficient (Wildman–Crippen LogP) is 2.05. The van der Waals surface area contributed by atoms with Gasteiger partial charge in [-0.15, -0.1) is 0 Å². The lowest BCUT2D eigenvalue weighted by atomic mass is 10.0. The molecule has 0 aliphatic rings. The van der Waals surface area contributed by atoms with Gasteiger partial charge in [-0.3, -0.25) is 0 Å². The first kappa shape index (κ1) is 13.2. The number of carbonyl (C=O) groups excluding carboxylic acids is 1. The van der Waals surface area contributed by atoms with Gasteiger partial charge in [-0.1, -0.05) is 26.3 Å². The molecule has 0 spiro atoms. The molecule has 0 bridgehead atoms. The van der Waals surface area contributed by atoms with Gasteiger partial charge in [0.05, 0.1) is 18.3 Å². The zero-order valence-electron chi connectivity index (χ0n) is 9.25. The van der Waals surface area contributed by atoms with Crippen LogP contribution in [-0.2, 0) is 9.53 Å². The summed E-state index contributed by atoms with van der Waals surface area (Å²) in [6.45, 7) is 6.00. The quantitative estimate of drug-likeness (QED) is 0.527. The number of aliphatic hydroxyl groups excluding tert-OH is 1. The highest BCUT2D eigenvalue weighted by Crippen LogP contribution is 2.11. The van der Waals surface area contributed by atoms with E-state index >= 15 is 0 Å². The van der Waals surface area contributed by atoms with Crippen LogP contribution in [0, 0.1) is 0 Å². The smallest absolute Gasteiger partial charge is 0.336 e. The predicted molar refractivity (Wildman–Crippen MR) is 55.9 cm³/mol. The third kappa shape index (κ3) is 4.42. The topological polar surface area (TPSA) is 46.5 Å². The van der Waals surface area contributed by atoms with E-state index in [0.717, 1.165) is 12.8 Å². The van der Waals surface area contributed by atoms with Crippen molar-refractivity contribution >= 4 is 5.97 Å². The molecule has 0 radical (unpaired) electrons. The summed E-state index contributed by atoms with van der Waals surface area (Å²) in [5, 5.41) is 9.67. The van der Waals surface area contributed by atoms with Crippen molar-refractivity contribution in [1.82, 2.24) is 0 Å². The van der Waals surface area contributed by atoms with Gasteiger partial charge < -0.3 is 9.84 Å². The Labute approximate surface area is 85.8 Å². The second kappa shape index (κ2) is 7.56. The minimum absolute atomic E-state index is 0.346. The molecule has 0 aromatic rings. The van der Waals surface area contributed by atoms with Gasteiger partial charge in [0.25, 0.3) is 0 Å². The van der Waals surface area contributed by atoms with Crippen LogP contribution in [0.3, 0.4) is 0 Å². The van der Waals surface area contributed by atoms with E-state index in [2.05, 4.69) is 0 Å². The number of rotatable bonds is 6. The van der Waals surface area contributed by atoms with Gasteiger partial charge in [-0.25, -0.2) is 4.79 Å². The molecule has 3 heteroatoms. The normalized spacial score (nSPS) is 13.9. The second-order valence-corrected chi connectivity index (χ2v) is 3.09. The molecule has 0 aromatic carbocycles. The maximum atomic E-state index is 11.4. The first-order valence-electron chi connectivity index (χ1n) is 5.22. The Kier molecular flexibility index (Phi) is 7.11. The molecule has 0 aliphatic heterocycles. The zero-order chi connectivity index (χ0) is 11.0. The van der Waals surface area contributed by atoms with E-state index in [4.69, 9.17) is 4.74 Å². The van der Waals surface area contributed by atoms with E-state index in [-0.39, 0.29) is 0 Å². The number of hydrogen-bond donors (Lipinski definition) is 1. The summed E-state index contributed by atoms with van der Waals surface area (Å²) in [5.41, 5.74) is 0.399. The number of aliphatic hydroxyl groups is 1. The van der Waals surface area contributed by atoms with Crippen LogP contribution in [0.4, 0.5) is 0 Å². The second-order valence-electron chi connectivity index (χ2n) is 3.09. The largest absolute Gasteiger partial charge is 0.463 e. The number of ether oxygens (including phenoxy) is 1. The van der Waals surface area contributed by atoms with Gasteiger partial charge in [0.2, 0.25) is 0 Å². The maximum absolute atomic E-state index is 11.4. The van der Waals surface area contributed by atoms with Gasteiger partial charge in [0.1, 0.15) is 0 Å². The van der Waals surface area contributed by atoms with Crippen molar-refractivity contribution in [3.8, 4) is 0 Å². The average molecular weight is 200 g/mol. The molecule has 0 aliphatic carbocycles. The van der Waals surface area contributed by atoms with Crippen LogP contribution in [0.15, 0.2) is 11.6 Å². The standard InChI is InChI=1S/C11H20O3/c1-4-7-9(10(12)8-5-2)11(13)14-6-3/h7,10,12H,4-6,8H2,1-3H3/b9-7-. The van der Waals surface area contributed by atoms with E-state index in [0.29, 0.717) is 18.6 Å². The minimum atomic E-state index is -0.681. The molecular weight excluding hydrogens is 180 g/mol. The number of allylic oxidation sites excluding steroid dienone is 1. The van der Waals surface area contributed by atoms with Crippen molar-refractivity contribution in [2.75, 3.05) is 6.61 Å². The van der Waals surface area contributed by atoms with Crippen LogP contribution in [0.1, 0.15) is 40.0 Å². The van der Waals surface area contributed by atoms with Gasteiger partial charge >= 0.3 is 5.97 Å². The SMILES string of the molecule is CC/C=C(\C(=O)OCC)C(O)CCC. The molecule has 1 atom stereocenters. The fourth-order valence-corrected chi connectivity index (χ4v) is 1.22. The van der Waals surface area contributed by atoms with Crippen LogP contribution < -0.4 is 0 Å². The molecule has 14 heavy (non-hydrogen) atoms. The first-order valence-corrected chi connectivity index (χ1v) is 5.22. The molecule has 1 N–H and O–H groups in total. The zero-order valence-corrected chi connectivity index (χ0v) is 9.25. The Morgan fingerprint density at radius 1 is 1.43 bits per heavy atom. The highest BCUT2D eigenvalue weighted by atomic mass is 16.5. The van der Waals surface area contributed by atoms with Crippen LogP contribution in [0.5, 0.6) is 0 Å². The monoisotopic (exact) mass is 200 g/mol. The van der Waals surface area contributed by atoms with Crippen LogP contribution in [-0.4, -0.2) is 23.8 Å².